The molecule has 3 nitrogen and oxygen atoms in total. The molecular formula is C16H24N2O. The second-order valence-corrected chi connectivity index (χ2v) is 7.37. The minimum Gasteiger partial charge on any atom is -0.273 e. The number of hydrazone groups is 1. The van der Waals surface area contributed by atoms with E-state index in [1.165, 1.54) is 44.9 Å². The summed E-state index contributed by atoms with van der Waals surface area (Å²) < 4.78 is 0. The molecular weight excluding hydrogens is 236 g/mol. The van der Waals surface area contributed by atoms with Crippen LogP contribution in [0.1, 0.15) is 51.4 Å². The molecule has 1 amide bonds. The third-order valence-corrected chi connectivity index (χ3v) is 6.31. The Bertz CT molecular complexity index is 406. The molecule has 4 fully saturated rings. The monoisotopic (exact) mass is 260 g/mol. The minimum atomic E-state index is 0.187. The van der Waals surface area contributed by atoms with Gasteiger partial charge in [-0.3, -0.25) is 4.79 Å². The Balaban J connectivity index is 1.29. The number of nitrogens with zero attached hydrogens (tertiary/aromatic N) is 1. The largest absolute Gasteiger partial charge is 0.273 e. The van der Waals surface area contributed by atoms with Gasteiger partial charge in [0, 0.05) is 12.1 Å². The van der Waals surface area contributed by atoms with Gasteiger partial charge in [-0.2, -0.15) is 5.10 Å². The highest BCUT2D eigenvalue weighted by atomic mass is 16.2. The summed E-state index contributed by atoms with van der Waals surface area (Å²) in [7, 11) is 0. The molecule has 0 aliphatic heterocycles. The molecule has 0 aromatic heterocycles. The Morgan fingerprint density at radius 2 is 1.68 bits per heavy atom. The van der Waals surface area contributed by atoms with Crippen LogP contribution in [0.3, 0.4) is 0 Å². The van der Waals surface area contributed by atoms with Gasteiger partial charge in [-0.1, -0.05) is 12.8 Å². The van der Waals surface area contributed by atoms with E-state index in [0.29, 0.717) is 11.8 Å². The van der Waals surface area contributed by atoms with Crippen molar-refractivity contribution in [2.75, 3.05) is 0 Å². The number of hydrogen-bond acceptors (Lipinski definition) is 2. The van der Waals surface area contributed by atoms with Crippen LogP contribution in [-0.4, -0.2) is 12.1 Å². The standard InChI is InChI=1S/C16H24N2O/c19-16(15-8-11-2-4-13(15)6-11)18-17-9-14-7-10-1-3-12(14)5-10/h9-15H,1-8H2,(H,18,19)/t10-,11-,12-,13-,14+,15+/m0/s1. The molecule has 4 aliphatic carbocycles. The van der Waals surface area contributed by atoms with Gasteiger partial charge in [0.1, 0.15) is 0 Å². The predicted molar refractivity (Wildman–Crippen MR) is 74.5 cm³/mol. The molecule has 6 atom stereocenters. The van der Waals surface area contributed by atoms with Gasteiger partial charge in [-0.25, -0.2) is 5.43 Å². The van der Waals surface area contributed by atoms with Gasteiger partial charge < -0.3 is 0 Å². The molecule has 1 N–H and O–H groups in total. The Morgan fingerprint density at radius 3 is 2.26 bits per heavy atom. The Labute approximate surface area is 115 Å². The maximum Gasteiger partial charge on any atom is 0.243 e. The highest BCUT2D eigenvalue weighted by molar-refractivity contribution is 5.80. The van der Waals surface area contributed by atoms with Crippen LogP contribution < -0.4 is 5.43 Å². The molecule has 0 saturated heterocycles. The maximum absolute atomic E-state index is 12.1. The average molecular weight is 260 g/mol. The van der Waals surface area contributed by atoms with Crippen molar-refractivity contribution in [3.63, 3.8) is 0 Å². The van der Waals surface area contributed by atoms with E-state index in [1.807, 2.05) is 6.21 Å². The third kappa shape index (κ3) is 2.11. The summed E-state index contributed by atoms with van der Waals surface area (Å²) in [6.45, 7) is 0. The molecule has 19 heavy (non-hydrogen) atoms. The van der Waals surface area contributed by atoms with E-state index >= 15 is 0 Å². The topological polar surface area (TPSA) is 41.5 Å². The fourth-order valence-corrected chi connectivity index (χ4v) is 5.32. The number of fused-ring (bicyclic) bond motifs is 4. The number of hydrogen-bond donors (Lipinski definition) is 1. The number of rotatable bonds is 3. The van der Waals surface area contributed by atoms with Crippen LogP contribution in [-0.2, 0) is 4.79 Å². The zero-order valence-corrected chi connectivity index (χ0v) is 11.6. The maximum atomic E-state index is 12.1. The van der Waals surface area contributed by atoms with Gasteiger partial charge in [-0.15, -0.1) is 0 Å². The van der Waals surface area contributed by atoms with Crippen LogP contribution >= 0.6 is 0 Å². The second-order valence-electron chi connectivity index (χ2n) is 7.37. The SMILES string of the molecule is O=C(NN=C[C@H]1C[C@H]2CC[C@H]1C2)[C@@H]1C[C@H]2CC[C@H]1C2. The van der Waals surface area contributed by atoms with Gasteiger partial charge in [-0.05, 0) is 68.1 Å². The lowest BCUT2D eigenvalue weighted by Crippen LogP contribution is -2.31. The summed E-state index contributed by atoms with van der Waals surface area (Å²) in [6, 6.07) is 0. The highest BCUT2D eigenvalue weighted by Gasteiger charge is 2.43. The quantitative estimate of drug-likeness (QED) is 0.615. The fourth-order valence-electron chi connectivity index (χ4n) is 5.32. The summed E-state index contributed by atoms with van der Waals surface area (Å²) in [6.07, 6.45) is 12.5. The molecule has 4 saturated carbocycles. The van der Waals surface area contributed by atoms with Crippen molar-refractivity contribution in [2.24, 2.45) is 40.6 Å². The van der Waals surface area contributed by atoms with E-state index in [-0.39, 0.29) is 11.8 Å². The summed E-state index contributed by atoms with van der Waals surface area (Å²) in [5, 5.41) is 4.28. The summed E-state index contributed by atoms with van der Waals surface area (Å²) in [5.74, 6) is 4.37. The summed E-state index contributed by atoms with van der Waals surface area (Å²) in [5.41, 5.74) is 2.83. The van der Waals surface area contributed by atoms with E-state index in [1.54, 1.807) is 0 Å². The molecule has 0 aromatic rings. The molecule has 0 unspecified atom stereocenters. The zero-order valence-electron chi connectivity index (χ0n) is 11.6. The van der Waals surface area contributed by atoms with Crippen LogP contribution in [0.15, 0.2) is 5.10 Å². The van der Waals surface area contributed by atoms with Crippen molar-refractivity contribution in [3.05, 3.63) is 0 Å². The van der Waals surface area contributed by atoms with Crippen molar-refractivity contribution in [1.29, 1.82) is 0 Å². The van der Waals surface area contributed by atoms with Crippen molar-refractivity contribution in [2.45, 2.75) is 51.4 Å². The smallest absolute Gasteiger partial charge is 0.243 e. The van der Waals surface area contributed by atoms with Crippen LogP contribution in [0.2, 0.25) is 0 Å². The number of carbonyl (C=O) groups excluding carboxylic acids is 1. The molecule has 104 valence electrons. The molecule has 3 heteroatoms. The van der Waals surface area contributed by atoms with Crippen LogP contribution in [0.4, 0.5) is 0 Å². The van der Waals surface area contributed by atoms with E-state index in [0.717, 1.165) is 24.2 Å². The van der Waals surface area contributed by atoms with E-state index in [9.17, 15) is 4.79 Å². The van der Waals surface area contributed by atoms with E-state index in [4.69, 9.17) is 0 Å². The van der Waals surface area contributed by atoms with Crippen LogP contribution in [0, 0.1) is 35.5 Å². The van der Waals surface area contributed by atoms with Crippen molar-refractivity contribution >= 4 is 12.1 Å². The second kappa shape index (κ2) is 4.60. The van der Waals surface area contributed by atoms with Gasteiger partial charge in [0.2, 0.25) is 5.91 Å². The minimum absolute atomic E-state index is 0.187. The Morgan fingerprint density at radius 1 is 0.947 bits per heavy atom. The molecule has 4 bridgehead atoms. The lowest BCUT2D eigenvalue weighted by Gasteiger charge is -2.20. The normalized spacial score (nSPS) is 47.4. The molecule has 4 aliphatic rings. The molecule has 0 aromatic carbocycles. The van der Waals surface area contributed by atoms with Crippen molar-refractivity contribution < 1.29 is 4.79 Å². The summed E-state index contributed by atoms with van der Waals surface area (Å²) in [4.78, 5) is 12.1. The fraction of sp³-hybridized carbons (Fsp3) is 0.875. The van der Waals surface area contributed by atoms with Gasteiger partial charge in [0.05, 0.1) is 0 Å². The van der Waals surface area contributed by atoms with Crippen LogP contribution in [0.25, 0.3) is 0 Å². The van der Waals surface area contributed by atoms with E-state index in [2.05, 4.69) is 10.5 Å². The number of carbonyl (C=O) groups is 1. The van der Waals surface area contributed by atoms with Crippen molar-refractivity contribution in [3.8, 4) is 0 Å². The zero-order chi connectivity index (χ0) is 12.8. The molecule has 0 spiro atoms. The predicted octanol–water partition coefficient (Wildman–Crippen LogP) is 2.96. The highest BCUT2D eigenvalue weighted by Crippen LogP contribution is 2.48. The number of amides is 1. The number of nitrogens with one attached hydrogen (secondary N) is 1. The van der Waals surface area contributed by atoms with Gasteiger partial charge >= 0.3 is 0 Å². The lowest BCUT2D eigenvalue weighted by molar-refractivity contribution is -0.126. The first-order valence-electron chi connectivity index (χ1n) is 8.12. The first-order valence-corrected chi connectivity index (χ1v) is 8.12. The average Bonchev–Trinajstić information content (AvgIpc) is 3.18. The lowest BCUT2D eigenvalue weighted by atomic mass is 9.88. The first kappa shape index (κ1) is 11.9. The van der Waals surface area contributed by atoms with Gasteiger partial charge in [0.15, 0.2) is 0 Å². The van der Waals surface area contributed by atoms with E-state index < -0.39 is 0 Å². The van der Waals surface area contributed by atoms with Gasteiger partial charge in [0.25, 0.3) is 0 Å². The summed E-state index contributed by atoms with van der Waals surface area (Å²) >= 11 is 0. The molecule has 4 rings (SSSR count). The third-order valence-electron chi connectivity index (χ3n) is 6.31. The Kier molecular flexibility index (Phi) is 2.89. The molecule has 0 radical (unpaired) electrons. The first-order chi connectivity index (χ1) is 9.29. The van der Waals surface area contributed by atoms with Crippen molar-refractivity contribution in [1.82, 2.24) is 5.43 Å². The molecule has 0 heterocycles. The van der Waals surface area contributed by atoms with Crippen LogP contribution in [0.5, 0.6) is 0 Å². The Hall–Kier alpha value is -0.860.